The Kier molecular flexibility index (Phi) is 7.76. The molecule has 160 valence electrons. The van der Waals surface area contributed by atoms with Crippen LogP contribution in [-0.2, 0) is 29.1 Å². The topological polar surface area (TPSA) is 71.5 Å². The lowest BCUT2D eigenvalue weighted by atomic mass is 10.0. The van der Waals surface area contributed by atoms with E-state index in [1.807, 2.05) is 66.7 Å². The van der Waals surface area contributed by atoms with Gasteiger partial charge in [0, 0.05) is 38.8 Å². The molecular weight excluding hydrogens is 390 g/mol. The van der Waals surface area contributed by atoms with Crippen LogP contribution in [0.1, 0.15) is 23.6 Å². The van der Waals surface area contributed by atoms with Crippen LogP contribution >= 0.6 is 0 Å². The van der Waals surface area contributed by atoms with Gasteiger partial charge in [-0.25, -0.2) is 0 Å². The summed E-state index contributed by atoms with van der Waals surface area (Å²) in [6, 6.07) is 20.3. The van der Waals surface area contributed by atoms with Crippen LogP contribution in [0.2, 0.25) is 0 Å². The third kappa shape index (κ3) is 6.40. The lowest BCUT2D eigenvalue weighted by Gasteiger charge is -2.30. The smallest absolute Gasteiger partial charge is 0.243 e. The molecule has 2 aromatic carbocycles. The summed E-state index contributed by atoms with van der Waals surface area (Å²) in [7, 11) is 1.61. The number of nitrogens with one attached hydrogen (secondary N) is 1. The Bertz CT molecular complexity index is 976. The van der Waals surface area contributed by atoms with Gasteiger partial charge in [-0.3, -0.25) is 14.6 Å². The Balaban J connectivity index is 1.81. The molecule has 0 radical (unpaired) electrons. The molecule has 0 saturated carbocycles. The quantitative estimate of drug-likeness (QED) is 0.580. The maximum Gasteiger partial charge on any atom is 0.243 e. The molecule has 0 aliphatic rings. The first-order valence-electron chi connectivity index (χ1n) is 10.2. The minimum Gasteiger partial charge on any atom is -0.497 e. The number of hydrogen-bond donors (Lipinski definition) is 1. The first kappa shape index (κ1) is 22.0. The van der Waals surface area contributed by atoms with Crippen molar-refractivity contribution in [3.63, 3.8) is 0 Å². The highest BCUT2D eigenvalue weighted by Crippen LogP contribution is 2.17. The molecule has 0 saturated heterocycles. The van der Waals surface area contributed by atoms with Crippen LogP contribution in [0.15, 0.2) is 79.1 Å². The van der Waals surface area contributed by atoms with Crippen LogP contribution < -0.4 is 10.1 Å². The molecule has 2 amide bonds. The third-order valence-electron chi connectivity index (χ3n) is 5.08. The molecule has 0 unspecified atom stereocenters. The fraction of sp³-hybridized carbons (Fsp3) is 0.240. The van der Waals surface area contributed by atoms with Gasteiger partial charge in [-0.15, -0.1) is 0 Å². The molecule has 0 spiro atoms. The summed E-state index contributed by atoms with van der Waals surface area (Å²) >= 11 is 0. The number of ether oxygens (including phenoxy) is 1. The largest absolute Gasteiger partial charge is 0.497 e. The SMILES string of the molecule is COc1ccc(CN(C(C)=O)[C@@H](Cc2ccccc2)C(=O)NCc2ccncc2)cc1. The number of nitrogens with zero attached hydrogens (tertiary/aromatic N) is 2. The molecule has 6 heteroatoms. The number of amides is 2. The van der Waals surface area contributed by atoms with Crippen LogP contribution in [-0.4, -0.2) is 34.8 Å². The zero-order valence-electron chi connectivity index (χ0n) is 17.8. The van der Waals surface area contributed by atoms with Gasteiger partial charge in [-0.2, -0.15) is 0 Å². The molecule has 1 N–H and O–H groups in total. The molecule has 0 bridgehead atoms. The van der Waals surface area contributed by atoms with E-state index < -0.39 is 6.04 Å². The number of carbonyl (C=O) groups is 2. The summed E-state index contributed by atoms with van der Waals surface area (Å²) < 4.78 is 5.21. The van der Waals surface area contributed by atoms with Crippen LogP contribution in [0, 0.1) is 0 Å². The van der Waals surface area contributed by atoms with Gasteiger partial charge in [0.1, 0.15) is 11.8 Å². The van der Waals surface area contributed by atoms with E-state index in [9.17, 15) is 9.59 Å². The van der Waals surface area contributed by atoms with Gasteiger partial charge in [0.15, 0.2) is 0 Å². The predicted molar refractivity (Wildman–Crippen MR) is 119 cm³/mol. The van der Waals surface area contributed by atoms with E-state index in [4.69, 9.17) is 4.74 Å². The second-order valence-corrected chi connectivity index (χ2v) is 7.27. The fourth-order valence-corrected chi connectivity index (χ4v) is 3.36. The van der Waals surface area contributed by atoms with Gasteiger partial charge in [-0.05, 0) is 41.0 Å². The zero-order chi connectivity index (χ0) is 22.1. The van der Waals surface area contributed by atoms with E-state index in [-0.39, 0.29) is 11.8 Å². The summed E-state index contributed by atoms with van der Waals surface area (Å²) in [6.45, 7) is 2.21. The predicted octanol–water partition coefficient (Wildman–Crippen LogP) is 3.37. The van der Waals surface area contributed by atoms with Crippen molar-refractivity contribution in [3.8, 4) is 5.75 Å². The van der Waals surface area contributed by atoms with Crippen molar-refractivity contribution in [2.24, 2.45) is 0 Å². The molecule has 1 atom stereocenters. The maximum atomic E-state index is 13.2. The van der Waals surface area contributed by atoms with E-state index in [1.54, 1.807) is 24.4 Å². The van der Waals surface area contributed by atoms with E-state index in [0.29, 0.717) is 19.5 Å². The Hall–Kier alpha value is -3.67. The summed E-state index contributed by atoms with van der Waals surface area (Å²) in [4.78, 5) is 31.4. The van der Waals surface area contributed by atoms with Crippen molar-refractivity contribution in [3.05, 3.63) is 95.8 Å². The average Bonchev–Trinajstić information content (AvgIpc) is 2.81. The number of benzene rings is 2. The van der Waals surface area contributed by atoms with Gasteiger partial charge >= 0.3 is 0 Å². The fourth-order valence-electron chi connectivity index (χ4n) is 3.36. The molecule has 6 nitrogen and oxygen atoms in total. The molecular formula is C25H27N3O3. The standard InChI is InChI=1S/C25H27N3O3/c1-19(29)28(18-22-8-10-23(31-2)11-9-22)24(16-20-6-4-3-5-7-20)25(30)27-17-21-12-14-26-15-13-21/h3-15,24H,16-18H2,1-2H3,(H,27,30)/t24-/m0/s1. The Morgan fingerprint density at radius 2 is 1.61 bits per heavy atom. The van der Waals surface area contributed by atoms with Crippen molar-refractivity contribution >= 4 is 11.8 Å². The van der Waals surface area contributed by atoms with Gasteiger partial charge < -0.3 is 15.0 Å². The van der Waals surface area contributed by atoms with Crippen LogP contribution in [0.25, 0.3) is 0 Å². The van der Waals surface area contributed by atoms with E-state index >= 15 is 0 Å². The van der Waals surface area contributed by atoms with Crippen molar-refractivity contribution in [1.29, 1.82) is 0 Å². The molecule has 31 heavy (non-hydrogen) atoms. The van der Waals surface area contributed by atoms with E-state index in [0.717, 1.165) is 22.4 Å². The van der Waals surface area contributed by atoms with Gasteiger partial charge in [0.05, 0.1) is 7.11 Å². The van der Waals surface area contributed by atoms with Crippen molar-refractivity contribution in [1.82, 2.24) is 15.2 Å². The zero-order valence-corrected chi connectivity index (χ0v) is 17.8. The van der Waals surface area contributed by atoms with Crippen molar-refractivity contribution < 1.29 is 14.3 Å². The molecule has 3 aromatic rings. The molecule has 1 aromatic heterocycles. The Labute approximate surface area is 182 Å². The third-order valence-corrected chi connectivity index (χ3v) is 5.08. The van der Waals surface area contributed by atoms with Gasteiger partial charge in [0.2, 0.25) is 11.8 Å². The minimum absolute atomic E-state index is 0.157. The number of methoxy groups -OCH3 is 1. The Morgan fingerprint density at radius 3 is 2.23 bits per heavy atom. The first-order chi connectivity index (χ1) is 15.1. The minimum atomic E-state index is -0.635. The second-order valence-electron chi connectivity index (χ2n) is 7.27. The Morgan fingerprint density at radius 1 is 0.935 bits per heavy atom. The number of aromatic nitrogens is 1. The van der Waals surface area contributed by atoms with Crippen LogP contribution in [0.4, 0.5) is 0 Å². The van der Waals surface area contributed by atoms with Crippen molar-refractivity contribution in [2.45, 2.75) is 32.5 Å². The normalized spacial score (nSPS) is 11.4. The lowest BCUT2D eigenvalue weighted by molar-refractivity contribution is -0.139. The molecule has 0 aliphatic heterocycles. The lowest BCUT2D eigenvalue weighted by Crippen LogP contribution is -2.49. The first-order valence-corrected chi connectivity index (χ1v) is 10.2. The highest BCUT2D eigenvalue weighted by atomic mass is 16.5. The van der Waals surface area contributed by atoms with E-state index in [2.05, 4.69) is 10.3 Å². The van der Waals surface area contributed by atoms with Gasteiger partial charge in [0.25, 0.3) is 0 Å². The number of hydrogen-bond acceptors (Lipinski definition) is 4. The summed E-state index contributed by atoms with van der Waals surface area (Å²) in [6.07, 6.45) is 3.81. The van der Waals surface area contributed by atoms with Gasteiger partial charge in [-0.1, -0.05) is 42.5 Å². The average molecular weight is 418 g/mol. The number of carbonyl (C=O) groups excluding carboxylic acids is 2. The second kappa shape index (κ2) is 10.9. The maximum absolute atomic E-state index is 13.2. The van der Waals surface area contributed by atoms with Crippen LogP contribution in [0.3, 0.4) is 0 Å². The molecule has 0 fully saturated rings. The molecule has 0 aliphatic carbocycles. The van der Waals surface area contributed by atoms with Crippen molar-refractivity contribution in [2.75, 3.05) is 7.11 Å². The molecule has 1 heterocycles. The summed E-state index contributed by atoms with van der Waals surface area (Å²) in [5, 5.41) is 2.98. The highest BCUT2D eigenvalue weighted by Gasteiger charge is 2.28. The van der Waals surface area contributed by atoms with E-state index in [1.165, 1.54) is 6.92 Å². The van der Waals surface area contributed by atoms with Crippen LogP contribution in [0.5, 0.6) is 5.75 Å². The monoisotopic (exact) mass is 417 g/mol. The highest BCUT2D eigenvalue weighted by molar-refractivity contribution is 5.87. The summed E-state index contributed by atoms with van der Waals surface area (Å²) in [5.74, 6) is 0.397. The number of pyridine rings is 1. The molecule has 3 rings (SSSR count). The number of rotatable bonds is 9. The summed E-state index contributed by atoms with van der Waals surface area (Å²) in [5.41, 5.74) is 2.87.